The Morgan fingerprint density at radius 3 is 2.31 bits per heavy atom. The number of hydrogen-bond acceptors (Lipinski definition) is 9. The van der Waals surface area contributed by atoms with Gasteiger partial charge in [0.2, 0.25) is 5.91 Å². The van der Waals surface area contributed by atoms with Gasteiger partial charge in [-0.3, -0.25) is 18.7 Å². The summed E-state index contributed by atoms with van der Waals surface area (Å²) >= 11 is 1.12. The van der Waals surface area contributed by atoms with Gasteiger partial charge in [0.15, 0.2) is 23.0 Å². The number of aryl methyl sites for hydroxylation is 1. The van der Waals surface area contributed by atoms with E-state index in [9.17, 15) is 14.4 Å². The van der Waals surface area contributed by atoms with Gasteiger partial charge in [-0.05, 0) is 48.4 Å². The molecular weight excluding hydrogens is 522 g/mol. The van der Waals surface area contributed by atoms with Crippen molar-refractivity contribution < 1.29 is 19.0 Å². The van der Waals surface area contributed by atoms with E-state index in [0.29, 0.717) is 46.6 Å². The summed E-state index contributed by atoms with van der Waals surface area (Å²) in [5, 5.41) is 3.39. The molecule has 0 aliphatic heterocycles. The zero-order chi connectivity index (χ0) is 28.1. The summed E-state index contributed by atoms with van der Waals surface area (Å²) in [6, 6.07) is 12.7. The van der Waals surface area contributed by atoms with E-state index in [4.69, 9.17) is 14.2 Å². The van der Waals surface area contributed by atoms with Crippen LogP contribution in [-0.2, 0) is 25.3 Å². The number of carbonyl (C=O) groups excluding carboxylic acids is 1. The maximum atomic E-state index is 13.0. The lowest BCUT2D eigenvalue weighted by Crippen LogP contribution is -2.37. The first kappa shape index (κ1) is 27.7. The van der Waals surface area contributed by atoms with Crippen LogP contribution in [-0.4, -0.2) is 58.6 Å². The number of methoxy groups -OCH3 is 3. The fraction of sp³-hybridized carbons (Fsp3) is 0.296. The molecule has 0 aliphatic rings. The lowest BCUT2D eigenvalue weighted by Gasteiger charge is -2.12. The minimum atomic E-state index is -0.522. The molecule has 0 bridgehead atoms. The first-order chi connectivity index (χ1) is 18.8. The topological polar surface area (TPSA) is 127 Å². The molecule has 0 aliphatic carbocycles. The Labute approximate surface area is 228 Å². The molecule has 0 saturated carbocycles. The maximum absolute atomic E-state index is 13.0. The van der Waals surface area contributed by atoms with E-state index in [0.717, 1.165) is 21.9 Å². The van der Waals surface area contributed by atoms with Crippen LogP contribution in [0.4, 0.5) is 0 Å². The summed E-state index contributed by atoms with van der Waals surface area (Å²) in [6.07, 6.45) is 0.595. The molecule has 204 valence electrons. The number of nitrogens with one attached hydrogen (secondary N) is 1. The molecule has 2 heterocycles. The van der Waals surface area contributed by atoms with Crippen LogP contribution >= 0.6 is 11.8 Å². The lowest BCUT2D eigenvalue weighted by molar-refractivity contribution is -0.118. The zero-order valence-electron chi connectivity index (χ0n) is 22.3. The van der Waals surface area contributed by atoms with Gasteiger partial charge in [0.1, 0.15) is 16.2 Å². The molecule has 0 radical (unpaired) electrons. The van der Waals surface area contributed by atoms with E-state index in [1.807, 2.05) is 18.2 Å². The van der Waals surface area contributed by atoms with Crippen LogP contribution < -0.4 is 30.8 Å². The van der Waals surface area contributed by atoms with Crippen molar-refractivity contribution in [1.29, 1.82) is 0 Å². The predicted molar refractivity (Wildman–Crippen MR) is 149 cm³/mol. The highest BCUT2D eigenvalue weighted by molar-refractivity contribution is 8.00. The number of ether oxygens (including phenoxy) is 3. The molecule has 11 nitrogen and oxygen atoms in total. The van der Waals surface area contributed by atoms with Gasteiger partial charge >= 0.3 is 5.69 Å². The third kappa shape index (κ3) is 5.90. The second kappa shape index (κ2) is 12.0. The van der Waals surface area contributed by atoms with Crippen molar-refractivity contribution in [2.75, 3.05) is 33.6 Å². The van der Waals surface area contributed by atoms with E-state index in [1.165, 1.54) is 11.6 Å². The van der Waals surface area contributed by atoms with Crippen LogP contribution in [0.15, 0.2) is 57.1 Å². The Kier molecular flexibility index (Phi) is 8.55. The van der Waals surface area contributed by atoms with Gasteiger partial charge in [0, 0.05) is 26.2 Å². The molecule has 4 aromatic rings. The molecule has 0 unspecified atom stereocenters. The molecule has 1 amide bonds. The summed E-state index contributed by atoms with van der Waals surface area (Å²) in [4.78, 5) is 47.5. The van der Waals surface area contributed by atoms with Crippen molar-refractivity contribution in [1.82, 2.24) is 24.4 Å². The minimum absolute atomic E-state index is 0.0199. The van der Waals surface area contributed by atoms with E-state index >= 15 is 0 Å². The van der Waals surface area contributed by atoms with Crippen LogP contribution in [0, 0.1) is 0 Å². The molecule has 4 rings (SSSR count). The predicted octanol–water partition coefficient (Wildman–Crippen LogP) is 2.17. The number of aromatic nitrogens is 4. The Morgan fingerprint density at radius 2 is 1.64 bits per heavy atom. The Balaban J connectivity index is 1.56. The van der Waals surface area contributed by atoms with Crippen molar-refractivity contribution in [3.8, 4) is 28.6 Å². The van der Waals surface area contributed by atoms with Crippen LogP contribution in [0.25, 0.3) is 22.4 Å². The Bertz CT molecular complexity index is 1630. The number of rotatable bonds is 10. The molecule has 0 spiro atoms. The van der Waals surface area contributed by atoms with Crippen LogP contribution in [0.1, 0.15) is 5.56 Å². The fourth-order valence-electron chi connectivity index (χ4n) is 3.97. The standard InChI is InChI=1S/C27H29N5O6S/c1-31-24-22(26(34)32(2)27(31)35)25(30-23(29-24)17-7-9-18(36-3)10-8-17)39-15-21(33)28-13-12-16-6-11-19(37-4)20(14-16)38-5/h6-11,14H,12-13,15H2,1-5H3,(H,28,33). The monoisotopic (exact) mass is 551 g/mol. The van der Waals surface area contributed by atoms with Gasteiger partial charge < -0.3 is 19.5 Å². The van der Waals surface area contributed by atoms with Gasteiger partial charge in [-0.1, -0.05) is 17.8 Å². The summed E-state index contributed by atoms with van der Waals surface area (Å²) in [6.45, 7) is 0.409. The number of nitrogens with zero attached hydrogens (tertiary/aromatic N) is 4. The summed E-state index contributed by atoms with van der Waals surface area (Å²) in [5.41, 5.74) is 0.824. The van der Waals surface area contributed by atoms with Crippen molar-refractivity contribution in [2.45, 2.75) is 11.4 Å². The highest BCUT2D eigenvalue weighted by Crippen LogP contribution is 2.28. The van der Waals surface area contributed by atoms with E-state index < -0.39 is 11.2 Å². The quantitative estimate of drug-likeness (QED) is 0.233. The second-order valence-electron chi connectivity index (χ2n) is 8.56. The average Bonchev–Trinajstić information content (AvgIpc) is 2.97. The third-order valence-corrected chi connectivity index (χ3v) is 7.11. The summed E-state index contributed by atoms with van der Waals surface area (Å²) in [5.74, 6) is 2.05. The molecule has 2 aromatic carbocycles. The van der Waals surface area contributed by atoms with Crippen molar-refractivity contribution >= 4 is 28.7 Å². The fourth-order valence-corrected chi connectivity index (χ4v) is 4.81. The lowest BCUT2D eigenvalue weighted by atomic mass is 10.1. The van der Waals surface area contributed by atoms with Gasteiger partial charge in [-0.2, -0.15) is 0 Å². The number of hydrogen-bond donors (Lipinski definition) is 1. The SMILES string of the molecule is COc1ccc(-c2nc(SCC(=O)NCCc3ccc(OC)c(OC)c3)c3c(=O)n(C)c(=O)n(C)c3n2)cc1. The van der Waals surface area contributed by atoms with E-state index in [2.05, 4.69) is 15.3 Å². The van der Waals surface area contributed by atoms with Crippen LogP contribution in [0.3, 0.4) is 0 Å². The summed E-state index contributed by atoms with van der Waals surface area (Å²) in [7, 11) is 7.66. The zero-order valence-corrected chi connectivity index (χ0v) is 23.1. The molecule has 0 saturated heterocycles. The Hall–Kier alpha value is -4.32. The number of fused-ring (bicyclic) bond motifs is 1. The maximum Gasteiger partial charge on any atom is 0.332 e. The number of benzene rings is 2. The molecule has 2 aromatic heterocycles. The van der Waals surface area contributed by atoms with Gasteiger partial charge in [0.25, 0.3) is 5.56 Å². The molecule has 0 atom stereocenters. The molecule has 12 heteroatoms. The average molecular weight is 552 g/mol. The first-order valence-corrected chi connectivity index (χ1v) is 13.0. The highest BCUT2D eigenvalue weighted by Gasteiger charge is 2.19. The van der Waals surface area contributed by atoms with Crippen molar-refractivity contribution in [2.24, 2.45) is 14.1 Å². The molecule has 0 fully saturated rings. The number of amides is 1. The number of carbonyl (C=O) groups is 1. The minimum Gasteiger partial charge on any atom is -0.497 e. The second-order valence-corrected chi connectivity index (χ2v) is 9.53. The first-order valence-electron chi connectivity index (χ1n) is 12.0. The van der Waals surface area contributed by atoms with Crippen LogP contribution in [0.5, 0.6) is 17.2 Å². The smallest absolute Gasteiger partial charge is 0.332 e. The van der Waals surface area contributed by atoms with Crippen LogP contribution in [0.2, 0.25) is 0 Å². The normalized spacial score (nSPS) is 10.9. The highest BCUT2D eigenvalue weighted by atomic mass is 32.2. The Morgan fingerprint density at radius 1 is 0.923 bits per heavy atom. The molecule has 39 heavy (non-hydrogen) atoms. The van der Waals surface area contributed by atoms with E-state index in [1.54, 1.807) is 52.6 Å². The van der Waals surface area contributed by atoms with Crippen molar-refractivity contribution in [3.05, 3.63) is 68.9 Å². The van der Waals surface area contributed by atoms with E-state index in [-0.39, 0.29) is 22.7 Å². The van der Waals surface area contributed by atoms with Gasteiger partial charge in [-0.25, -0.2) is 14.8 Å². The molecular formula is C27H29N5O6S. The third-order valence-electron chi connectivity index (χ3n) is 6.14. The van der Waals surface area contributed by atoms with Gasteiger partial charge in [-0.15, -0.1) is 0 Å². The summed E-state index contributed by atoms with van der Waals surface area (Å²) < 4.78 is 18.1. The van der Waals surface area contributed by atoms with Gasteiger partial charge in [0.05, 0.1) is 27.1 Å². The number of thioether (sulfide) groups is 1. The van der Waals surface area contributed by atoms with Crippen molar-refractivity contribution in [3.63, 3.8) is 0 Å². The largest absolute Gasteiger partial charge is 0.497 e. The molecule has 1 N–H and O–H groups in total.